The molecule has 130 valence electrons. The number of nitrogens with two attached hydrogens (primary N) is 1. The molecule has 0 saturated heterocycles. The van der Waals surface area contributed by atoms with E-state index >= 15 is 0 Å². The van der Waals surface area contributed by atoms with Crippen LogP contribution in [0.5, 0.6) is 11.5 Å². The highest BCUT2D eigenvalue weighted by Gasteiger charge is 2.29. The van der Waals surface area contributed by atoms with Crippen molar-refractivity contribution in [3.05, 3.63) is 58.6 Å². The summed E-state index contributed by atoms with van der Waals surface area (Å²) >= 11 is 6.45. The molecule has 6 heteroatoms. The lowest BCUT2D eigenvalue weighted by Gasteiger charge is -2.27. The Kier molecular flexibility index (Phi) is 4.40. The number of benzene rings is 2. The quantitative estimate of drug-likeness (QED) is 0.914. The number of hydrogen-bond acceptors (Lipinski definition) is 5. The summed E-state index contributed by atoms with van der Waals surface area (Å²) in [4.78, 5) is 6.54. The Morgan fingerprint density at radius 3 is 2.80 bits per heavy atom. The van der Waals surface area contributed by atoms with Gasteiger partial charge in [0.25, 0.3) is 0 Å². The smallest absolute Gasteiger partial charge is 0.192 e. The van der Waals surface area contributed by atoms with E-state index < -0.39 is 0 Å². The van der Waals surface area contributed by atoms with E-state index in [0.717, 1.165) is 12.0 Å². The van der Waals surface area contributed by atoms with E-state index in [0.29, 0.717) is 48.8 Å². The third kappa shape index (κ3) is 3.24. The number of guanidine groups is 1. The van der Waals surface area contributed by atoms with Crippen LogP contribution in [0.2, 0.25) is 5.02 Å². The van der Waals surface area contributed by atoms with Gasteiger partial charge < -0.3 is 20.1 Å². The molecule has 0 aliphatic carbocycles. The van der Waals surface area contributed by atoms with E-state index in [-0.39, 0.29) is 6.04 Å². The number of aliphatic imine (C=N–C) groups is 1. The standard InChI is InChI=1S/C19H20ClN3O2/c20-15-9-14(10-17-18(15)25-8-4-7-24-17)16-11-22-19(21)23(16)12-13-5-2-1-3-6-13/h1-3,5-6,9-10,16H,4,7-8,11-12H2,(H2,21,22). The topological polar surface area (TPSA) is 60.1 Å². The maximum Gasteiger partial charge on any atom is 0.192 e. The zero-order valence-electron chi connectivity index (χ0n) is 13.8. The molecule has 2 aliphatic rings. The van der Waals surface area contributed by atoms with Crippen LogP contribution < -0.4 is 15.2 Å². The number of halogens is 1. The first kappa shape index (κ1) is 16.1. The molecule has 0 aromatic heterocycles. The first-order chi connectivity index (χ1) is 12.2. The van der Waals surface area contributed by atoms with Crippen LogP contribution in [-0.2, 0) is 6.54 Å². The fourth-order valence-corrected chi connectivity index (χ4v) is 3.50. The first-order valence-corrected chi connectivity index (χ1v) is 8.79. The lowest BCUT2D eigenvalue weighted by Crippen LogP contribution is -2.35. The fraction of sp³-hybridized carbons (Fsp3) is 0.316. The van der Waals surface area contributed by atoms with Crippen molar-refractivity contribution in [1.82, 2.24) is 4.90 Å². The van der Waals surface area contributed by atoms with Gasteiger partial charge in [-0.05, 0) is 23.3 Å². The molecule has 0 fully saturated rings. The lowest BCUT2D eigenvalue weighted by atomic mass is 10.0. The summed E-state index contributed by atoms with van der Waals surface area (Å²) in [6.07, 6.45) is 0.847. The molecule has 0 saturated carbocycles. The molecule has 0 radical (unpaired) electrons. The average molecular weight is 358 g/mol. The van der Waals surface area contributed by atoms with Crippen molar-refractivity contribution < 1.29 is 9.47 Å². The molecule has 5 nitrogen and oxygen atoms in total. The Morgan fingerprint density at radius 2 is 1.96 bits per heavy atom. The van der Waals surface area contributed by atoms with Crippen molar-refractivity contribution in [3.8, 4) is 11.5 Å². The first-order valence-electron chi connectivity index (χ1n) is 8.42. The summed E-state index contributed by atoms with van der Waals surface area (Å²) in [6.45, 7) is 2.55. The average Bonchev–Trinajstić information content (AvgIpc) is 2.83. The van der Waals surface area contributed by atoms with Gasteiger partial charge in [-0.2, -0.15) is 0 Å². The van der Waals surface area contributed by atoms with Gasteiger partial charge in [-0.1, -0.05) is 41.9 Å². The van der Waals surface area contributed by atoms with Crippen molar-refractivity contribution in [1.29, 1.82) is 0 Å². The second-order valence-electron chi connectivity index (χ2n) is 6.21. The Morgan fingerprint density at radius 1 is 1.16 bits per heavy atom. The minimum atomic E-state index is 0.0369. The highest BCUT2D eigenvalue weighted by molar-refractivity contribution is 6.32. The van der Waals surface area contributed by atoms with Gasteiger partial charge in [0, 0.05) is 13.0 Å². The minimum Gasteiger partial charge on any atom is -0.489 e. The maximum absolute atomic E-state index is 6.45. The van der Waals surface area contributed by atoms with Gasteiger partial charge in [-0.15, -0.1) is 0 Å². The second kappa shape index (κ2) is 6.84. The molecule has 0 spiro atoms. The van der Waals surface area contributed by atoms with Gasteiger partial charge in [0.15, 0.2) is 17.5 Å². The van der Waals surface area contributed by atoms with Crippen LogP contribution in [0.1, 0.15) is 23.6 Å². The number of ether oxygens (including phenoxy) is 2. The summed E-state index contributed by atoms with van der Waals surface area (Å²) < 4.78 is 11.5. The SMILES string of the molecule is NC1=NCC(c2cc(Cl)c3c(c2)OCCCO3)N1Cc1ccccc1. The highest BCUT2D eigenvalue weighted by atomic mass is 35.5. The molecule has 0 bridgehead atoms. The summed E-state index contributed by atoms with van der Waals surface area (Å²) in [5.41, 5.74) is 8.37. The van der Waals surface area contributed by atoms with E-state index in [1.165, 1.54) is 5.56 Å². The van der Waals surface area contributed by atoms with E-state index in [9.17, 15) is 0 Å². The molecular weight excluding hydrogens is 338 g/mol. The zero-order chi connectivity index (χ0) is 17.2. The molecule has 1 atom stereocenters. The van der Waals surface area contributed by atoms with E-state index in [2.05, 4.69) is 22.0 Å². The second-order valence-corrected chi connectivity index (χ2v) is 6.62. The largest absolute Gasteiger partial charge is 0.489 e. The molecule has 25 heavy (non-hydrogen) atoms. The molecule has 2 N–H and O–H groups in total. The number of hydrogen-bond donors (Lipinski definition) is 1. The van der Waals surface area contributed by atoms with Crippen molar-refractivity contribution >= 4 is 17.6 Å². The van der Waals surface area contributed by atoms with Gasteiger partial charge in [0.2, 0.25) is 0 Å². The third-order valence-corrected chi connectivity index (χ3v) is 4.78. The molecule has 2 aromatic carbocycles. The number of rotatable bonds is 3. The lowest BCUT2D eigenvalue weighted by molar-refractivity contribution is 0.296. The predicted octanol–water partition coefficient (Wildman–Crippen LogP) is 3.37. The molecular formula is C19H20ClN3O2. The third-order valence-electron chi connectivity index (χ3n) is 4.50. The van der Waals surface area contributed by atoms with E-state index in [1.807, 2.05) is 30.3 Å². The predicted molar refractivity (Wildman–Crippen MR) is 98.3 cm³/mol. The van der Waals surface area contributed by atoms with Crippen LogP contribution >= 0.6 is 11.6 Å². The maximum atomic E-state index is 6.45. The Labute approximate surface area is 152 Å². The summed E-state index contributed by atoms with van der Waals surface area (Å²) in [7, 11) is 0. The summed E-state index contributed by atoms with van der Waals surface area (Å²) in [6, 6.07) is 14.2. The van der Waals surface area contributed by atoms with E-state index in [4.69, 9.17) is 26.8 Å². The highest BCUT2D eigenvalue weighted by Crippen LogP contribution is 2.41. The van der Waals surface area contributed by atoms with Crippen LogP contribution in [0.3, 0.4) is 0 Å². The van der Waals surface area contributed by atoms with Crippen molar-refractivity contribution in [3.63, 3.8) is 0 Å². The molecule has 0 amide bonds. The monoisotopic (exact) mass is 357 g/mol. The Hall–Kier alpha value is -2.40. The van der Waals surface area contributed by atoms with Crippen LogP contribution in [0.15, 0.2) is 47.5 Å². The molecule has 2 aromatic rings. The van der Waals surface area contributed by atoms with Gasteiger partial charge in [0.05, 0.1) is 30.8 Å². The Bertz CT molecular complexity index is 795. The summed E-state index contributed by atoms with van der Waals surface area (Å²) in [5, 5.41) is 0.569. The van der Waals surface area contributed by atoms with Crippen molar-refractivity contribution in [2.75, 3.05) is 19.8 Å². The summed E-state index contributed by atoms with van der Waals surface area (Å²) in [5.74, 6) is 1.88. The van der Waals surface area contributed by atoms with Crippen LogP contribution in [0.4, 0.5) is 0 Å². The van der Waals surface area contributed by atoms with E-state index in [1.54, 1.807) is 0 Å². The number of fused-ring (bicyclic) bond motifs is 1. The van der Waals surface area contributed by atoms with Crippen molar-refractivity contribution in [2.45, 2.75) is 19.0 Å². The molecule has 4 rings (SSSR count). The molecule has 2 aliphatic heterocycles. The number of nitrogens with zero attached hydrogens (tertiary/aromatic N) is 2. The molecule has 2 heterocycles. The van der Waals surface area contributed by atoms with Crippen LogP contribution in [0.25, 0.3) is 0 Å². The van der Waals surface area contributed by atoms with Crippen molar-refractivity contribution in [2.24, 2.45) is 10.7 Å². The fourth-order valence-electron chi connectivity index (χ4n) is 3.23. The van der Waals surface area contributed by atoms with Gasteiger partial charge in [0.1, 0.15) is 0 Å². The van der Waals surface area contributed by atoms with Gasteiger partial charge >= 0.3 is 0 Å². The van der Waals surface area contributed by atoms with Gasteiger partial charge in [-0.3, -0.25) is 4.99 Å². The van der Waals surface area contributed by atoms with Crippen LogP contribution in [-0.4, -0.2) is 30.6 Å². The molecule has 1 unspecified atom stereocenters. The Balaban J connectivity index is 1.64. The zero-order valence-corrected chi connectivity index (χ0v) is 14.6. The van der Waals surface area contributed by atoms with Gasteiger partial charge in [-0.25, -0.2) is 0 Å². The normalized spacial score (nSPS) is 19.5. The minimum absolute atomic E-state index is 0.0369. The van der Waals surface area contributed by atoms with Crippen LogP contribution in [0, 0.1) is 0 Å².